The van der Waals surface area contributed by atoms with Crippen LogP contribution in [0.3, 0.4) is 0 Å². The number of hydrogen-bond donors (Lipinski definition) is 2. The molecule has 3 aromatic rings. The van der Waals surface area contributed by atoms with Crippen molar-refractivity contribution in [2.75, 3.05) is 19.7 Å². The molecule has 7 nitrogen and oxygen atoms in total. The van der Waals surface area contributed by atoms with E-state index in [0.29, 0.717) is 35.2 Å². The molecule has 27 heavy (non-hydrogen) atoms. The number of tetrazole rings is 1. The second-order valence-corrected chi connectivity index (χ2v) is 6.44. The number of aromatic nitrogens is 5. The van der Waals surface area contributed by atoms with E-state index in [2.05, 4.69) is 30.9 Å². The van der Waals surface area contributed by atoms with Crippen LogP contribution in [-0.2, 0) is 0 Å². The Bertz CT molecular complexity index is 872. The number of benzene rings is 1. The molecule has 0 unspecified atom stereocenters. The number of H-pyrrole nitrogens is 1. The van der Waals surface area contributed by atoms with Crippen LogP contribution in [0.2, 0.25) is 0 Å². The Labute approximate surface area is 154 Å². The summed E-state index contributed by atoms with van der Waals surface area (Å²) in [6.07, 6.45) is 3.40. The van der Waals surface area contributed by atoms with E-state index in [4.69, 9.17) is 4.74 Å². The summed E-state index contributed by atoms with van der Waals surface area (Å²) in [6, 6.07) is 5.87. The van der Waals surface area contributed by atoms with Gasteiger partial charge in [-0.2, -0.15) is 5.21 Å². The highest BCUT2D eigenvalue weighted by Gasteiger charge is 2.18. The number of pyridine rings is 1. The van der Waals surface area contributed by atoms with E-state index in [-0.39, 0.29) is 5.75 Å². The summed E-state index contributed by atoms with van der Waals surface area (Å²) in [5.41, 5.74) is 1.46. The van der Waals surface area contributed by atoms with Crippen molar-refractivity contribution in [2.24, 2.45) is 5.92 Å². The van der Waals surface area contributed by atoms with Gasteiger partial charge in [-0.3, -0.25) is 4.98 Å². The fourth-order valence-corrected chi connectivity index (χ4v) is 3.08. The molecule has 0 aliphatic carbocycles. The normalized spacial score (nSPS) is 15.0. The van der Waals surface area contributed by atoms with E-state index in [1.54, 1.807) is 12.1 Å². The molecule has 4 rings (SSSR count). The SMILES string of the molecule is Fc1cc(-c2ccc(-c3nn[nH]n3)nc2)cc(F)c1OCC1CCNCC1. The van der Waals surface area contributed by atoms with Crippen LogP contribution < -0.4 is 10.1 Å². The van der Waals surface area contributed by atoms with Gasteiger partial charge in [-0.15, -0.1) is 10.2 Å². The van der Waals surface area contributed by atoms with E-state index in [1.807, 2.05) is 0 Å². The van der Waals surface area contributed by atoms with Crippen LogP contribution in [0.4, 0.5) is 8.78 Å². The Kier molecular flexibility index (Phi) is 5.01. The molecule has 3 heterocycles. The average Bonchev–Trinajstić information content (AvgIpc) is 3.23. The number of nitrogens with one attached hydrogen (secondary N) is 2. The van der Waals surface area contributed by atoms with Gasteiger partial charge in [-0.25, -0.2) is 8.78 Å². The van der Waals surface area contributed by atoms with Crippen LogP contribution in [0.15, 0.2) is 30.5 Å². The van der Waals surface area contributed by atoms with Crippen LogP contribution in [0.25, 0.3) is 22.6 Å². The van der Waals surface area contributed by atoms with Crippen LogP contribution in [0.5, 0.6) is 5.75 Å². The third-order valence-corrected chi connectivity index (χ3v) is 4.59. The lowest BCUT2D eigenvalue weighted by Crippen LogP contribution is -2.30. The Balaban J connectivity index is 1.50. The fraction of sp³-hybridized carbons (Fsp3) is 0.333. The van der Waals surface area contributed by atoms with Gasteiger partial charge in [0.15, 0.2) is 17.4 Å². The number of halogens is 2. The number of piperidine rings is 1. The predicted molar refractivity (Wildman–Crippen MR) is 93.8 cm³/mol. The lowest BCUT2D eigenvalue weighted by atomic mass is 9.99. The van der Waals surface area contributed by atoms with Gasteiger partial charge < -0.3 is 10.1 Å². The first-order valence-electron chi connectivity index (χ1n) is 8.73. The molecule has 1 saturated heterocycles. The monoisotopic (exact) mass is 372 g/mol. The van der Waals surface area contributed by atoms with Crippen molar-refractivity contribution in [3.05, 3.63) is 42.1 Å². The van der Waals surface area contributed by atoms with Crippen molar-refractivity contribution in [3.63, 3.8) is 0 Å². The van der Waals surface area contributed by atoms with Gasteiger partial charge >= 0.3 is 0 Å². The van der Waals surface area contributed by atoms with Crippen molar-refractivity contribution >= 4 is 0 Å². The topological polar surface area (TPSA) is 88.6 Å². The van der Waals surface area contributed by atoms with Crippen LogP contribution in [-0.4, -0.2) is 45.3 Å². The Morgan fingerprint density at radius 2 is 1.85 bits per heavy atom. The minimum Gasteiger partial charge on any atom is -0.487 e. The molecule has 0 saturated carbocycles. The van der Waals surface area contributed by atoms with Crippen LogP contribution >= 0.6 is 0 Å². The highest BCUT2D eigenvalue weighted by Crippen LogP contribution is 2.30. The van der Waals surface area contributed by atoms with Gasteiger partial charge in [0.2, 0.25) is 5.82 Å². The minimum absolute atomic E-state index is 0.312. The molecular formula is C18H18F2N6O. The molecule has 0 amide bonds. The number of hydrogen-bond acceptors (Lipinski definition) is 6. The van der Waals surface area contributed by atoms with E-state index >= 15 is 0 Å². The summed E-state index contributed by atoms with van der Waals surface area (Å²) in [5, 5.41) is 16.7. The molecule has 140 valence electrons. The van der Waals surface area contributed by atoms with Crippen molar-refractivity contribution in [1.82, 2.24) is 30.9 Å². The standard InChI is InChI=1S/C18H18F2N6O/c19-14-7-13(12-1-2-16(22-9-12)18-23-25-26-24-18)8-15(20)17(14)27-10-11-3-5-21-6-4-11/h1-2,7-9,11,21H,3-6,10H2,(H,23,24,25,26). The molecule has 2 N–H and O–H groups in total. The summed E-state index contributed by atoms with van der Waals surface area (Å²) < 4.78 is 34.3. The zero-order chi connectivity index (χ0) is 18.6. The summed E-state index contributed by atoms with van der Waals surface area (Å²) in [6.45, 7) is 2.13. The van der Waals surface area contributed by atoms with Crippen molar-refractivity contribution in [2.45, 2.75) is 12.8 Å². The maximum atomic E-state index is 14.4. The summed E-state index contributed by atoms with van der Waals surface area (Å²) in [5.74, 6) is -1.11. The van der Waals surface area contributed by atoms with Gasteiger partial charge in [-0.05, 0) is 60.8 Å². The van der Waals surface area contributed by atoms with E-state index < -0.39 is 11.6 Å². The lowest BCUT2D eigenvalue weighted by molar-refractivity contribution is 0.201. The first-order valence-corrected chi connectivity index (χ1v) is 8.73. The van der Waals surface area contributed by atoms with Crippen LogP contribution in [0, 0.1) is 17.6 Å². The summed E-state index contributed by atoms with van der Waals surface area (Å²) >= 11 is 0. The smallest absolute Gasteiger partial charge is 0.222 e. The van der Waals surface area contributed by atoms with E-state index in [1.165, 1.54) is 18.3 Å². The maximum Gasteiger partial charge on any atom is 0.222 e. The third-order valence-electron chi connectivity index (χ3n) is 4.59. The molecule has 0 spiro atoms. The van der Waals surface area contributed by atoms with E-state index in [9.17, 15) is 8.78 Å². The van der Waals surface area contributed by atoms with Gasteiger partial charge in [-0.1, -0.05) is 6.07 Å². The molecule has 2 aromatic heterocycles. The fourth-order valence-electron chi connectivity index (χ4n) is 3.08. The highest BCUT2D eigenvalue weighted by molar-refractivity contribution is 5.65. The molecule has 1 aliphatic rings. The molecule has 1 fully saturated rings. The molecular weight excluding hydrogens is 354 g/mol. The van der Waals surface area contributed by atoms with E-state index in [0.717, 1.165) is 25.9 Å². The van der Waals surface area contributed by atoms with Crippen molar-refractivity contribution in [3.8, 4) is 28.4 Å². The highest BCUT2D eigenvalue weighted by atomic mass is 19.1. The number of ether oxygens (including phenoxy) is 1. The summed E-state index contributed by atoms with van der Waals surface area (Å²) in [4.78, 5) is 4.21. The zero-order valence-corrected chi connectivity index (χ0v) is 14.5. The van der Waals surface area contributed by atoms with Gasteiger partial charge in [0.1, 0.15) is 5.69 Å². The molecule has 0 bridgehead atoms. The minimum atomic E-state index is -0.721. The second kappa shape index (κ2) is 7.75. The number of nitrogens with zero attached hydrogens (tertiary/aromatic N) is 4. The lowest BCUT2D eigenvalue weighted by Gasteiger charge is -2.23. The largest absolute Gasteiger partial charge is 0.487 e. The first-order chi connectivity index (χ1) is 13.2. The Hall–Kier alpha value is -2.94. The number of aromatic amines is 1. The maximum absolute atomic E-state index is 14.4. The third kappa shape index (κ3) is 3.92. The Morgan fingerprint density at radius 3 is 2.48 bits per heavy atom. The average molecular weight is 372 g/mol. The second-order valence-electron chi connectivity index (χ2n) is 6.44. The molecule has 1 aliphatic heterocycles. The predicted octanol–water partition coefficient (Wildman–Crippen LogP) is 2.59. The number of rotatable bonds is 5. The zero-order valence-electron chi connectivity index (χ0n) is 14.5. The first kappa shape index (κ1) is 17.5. The van der Waals surface area contributed by atoms with Crippen molar-refractivity contribution in [1.29, 1.82) is 0 Å². The quantitative estimate of drug-likeness (QED) is 0.716. The Morgan fingerprint density at radius 1 is 1.07 bits per heavy atom. The molecule has 0 atom stereocenters. The van der Waals surface area contributed by atoms with Gasteiger partial charge in [0, 0.05) is 11.8 Å². The van der Waals surface area contributed by atoms with Gasteiger partial charge in [0.25, 0.3) is 0 Å². The van der Waals surface area contributed by atoms with Crippen LogP contribution in [0.1, 0.15) is 12.8 Å². The van der Waals surface area contributed by atoms with Gasteiger partial charge in [0.05, 0.1) is 6.61 Å². The molecule has 0 radical (unpaired) electrons. The molecule has 1 aromatic carbocycles. The summed E-state index contributed by atoms with van der Waals surface area (Å²) in [7, 11) is 0. The van der Waals surface area contributed by atoms with Crippen molar-refractivity contribution < 1.29 is 13.5 Å². The molecule has 9 heteroatoms.